The number of halogens is 4. The third-order valence-corrected chi connectivity index (χ3v) is 7.80. The van der Waals surface area contributed by atoms with Gasteiger partial charge in [-0.2, -0.15) is 4.31 Å². The summed E-state index contributed by atoms with van der Waals surface area (Å²) in [5, 5.41) is 3.02. The first-order chi connectivity index (χ1) is 17.2. The summed E-state index contributed by atoms with van der Waals surface area (Å²) in [5.74, 6) is -1.38. The number of nitrogens with one attached hydrogen (secondary N) is 1. The van der Waals surface area contributed by atoms with Crippen molar-refractivity contribution in [3.05, 3.63) is 118 Å². The van der Waals surface area contributed by atoms with E-state index in [2.05, 4.69) is 10.3 Å². The van der Waals surface area contributed by atoms with Gasteiger partial charge in [0.05, 0.1) is 4.90 Å². The van der Waals surface area contributed by atoms with Crippen LogP contribution in [-0.2, 0) is 10.0 Å². The minimum Gasteiger partial charge on any atom is -0.370 e. The van der Waals surface area contributed by atoms with E-state index in [0.29, 0.717) is 28.0 Å². The van der Waals surface area contributed by atoms with Gasteiger partial charge in [-0.05, 0) is 76.9 Å². The molecule has 0 aliphatic carbocycles. The van der Waals surface area contributed by atoms with Crippen LogP contribution in [0, 0.1) is 17.5 Å². The van der Waals surface area contributed by atoms with Gasteiger partial charge in [-0.1, -0.05) is 24.3 Å². The van der Waals surface area contributed by atoms with Crippen molar-refractivity contribution in [3.63, 3.8) is 0 Å². The predicted octanol–water partition coefficient (Wildman–Crippen LogP) is 4.53. The van der Waals surface area contributed by atoms with Gasteiger partial charge in [0.1, 0.15) is 23.5 Å². The Hall–Kier alpha value is -3.60. The van der Waals surface area contributed by atoms with Crippen LogP contribution >= 0.6 is 12.4 Å². The van der Waals surface area contributed by atoms with Crippen molar-refractivity contribution in [3.8, 4) is 0 Å². The van der Waals surface area contributed by atoms with Crippen molar-refractivity contribution in [1.82, 2.24) is 9.62 Å². The summed E-state index contributed by atoms with van der Waals surface area (Å²) in [5.41, 5.74) is 8.70. The van der Waals surface area contributed by atoms with E-state index in [4.69, 9.17) is 5.73 Å². The minimum atomic E-state index is -4.05. The van der Waals surface area contributed by atoms with E-state index in [1.165, 1.54) is 46.8 Å². The summed E-state index contributed by atoms with van der Waals surface area (Å²) in [6.07, 6.45) is 1.67. The molecular weight excluding hydrogens is 525 g/mol. The molecule has 5 rings (SSSR count). The number of rotatable bonds is 4. The summed E-state index contributed by atoms with van der Waals surface area (Å²) in [6, 6.07) is 15.5. The van der Waals surface area contributed by atoms with Crippen LogP contribution in [0.1, 0.15) is 17.2 Å². The van der Waals surface area contributed by atoms with E-state index in [0.717, 1.165) is 12.1 Å². The highest BCUT2D eigenvalue weighted by Gasteiger charge is 2.37. The molecule has 0 spiro atoms. The monoisotopic (exact) mass is 546 g/mol. The van der Waals surface area contributed by atoms with E-state index >= 15 is 0 Å². The lowest BCUT2D eigenvalue weighted by Gasteiger charge is -2.37. The molecule has 0 saturated heterocycles. The van der Waals surface area contributed by atoms with E-state index < -0.39 is 33.5 Å². The zero-order valence-corrected chi connectivity index (χ0v) is 20.9. The number of guanidine groups is 1. The molecule has 0 radical (unpaired) electrons. The van der Waals surface area contributed by atoms with Crippen LogP contribution in [0.15, 0.2) is 99.5 Å². The highest BCUT2D eigenvalue weighted by molar-refractivity contribution is 7.89. The molecule has 192 valence electrons. The van der Waals surface area contributed by atoms with Crippen molar-refractivity contribution in [2.75, 3.05) is 13.1 Å². The predicted molar refractivity (Wildman–Crippen MR) is 138 cm³/mol. The third kappa shape index (κ3) is 5.41. The van der Waals surface area contributed by atoms with Crippen LogP contribution in [-0.4, -0.2) is 31.8 Å². The van der Waals surface area contributed by atoms with Gasteiger partial charge in [-0.25, -0.2) is 26.6 Å². The lowest BCUT2D eigenvalue weighted by Crippen LogP contribution is -2.46. The molecule has 3 aromatic rings. The summed E-state index contributed by atoms with van der Waals surface area (Å²) in [7, 11) is -4.05. The maximum absolute atomic E-state index is 14.1. The summed E-state index contributed by atoms with van der Waals surface area (Å²) in [4.78, 5) is 4.36. The van der Waals surface area contributed by atoms with Gasteiger partial charge in [0.15, 0.2) is 5.96 Å². The van der Waals surface area contributed by atoms with Crippen LogP contribution in [0.25, 0.3) is 6.08 Å². The first kappa shape index (κ1) is 26.5. The fraction of sp³-hybridized carbons (Fsp3) is 0.115. The fourth-order valence-corrected chi connectivity index (χ4v) is 5.75. The zero-order valence-electron chi connectivity index (χ0n) is 19.2. The van der Waals surface area contributed by atoms with E-state index in [-0.39, 0.29) is 36.4 Å². The largest absolute Gasteiger partial charge is 0.370 e. The van der Waals surface area contributed by atoms with Crippen LogP contribution in [0.3, 0.4) is 0 Å². The van der Waals surface area contributed by atoms with Crippen LogP contribution in [0.2, 0.25) is 0 Å². The Labute approximate surface area is 218 Å². The second-order valence-electron chi connectivity index (χ2n) is 8.45. The molecule has 3 N–H and O–H groups in total. The second-order valence-corrected chi connectivity index (χ2v) is 10.4. The summed E-state index contributed by atoms with van der Waals surface area (Å²) >= 11 is 0. The van der Waals surface area contributed by atoms with Crippen LogP contribution in [0.5, 0.6) is 0 Å². The van der Waals surface area contributed by atoms with E-state index in [9.17, 15) is 21.6 Å². The normalized spacial score (nSPS) is 19.1. The maximum atomic E-state index is 14.1. The topological polar surface area (TPSA) is 87.8 Å². The minimum absolute atomic E-state index is 0. The maximum Gasteiger partial charge on any atom is 0.243 e. The molecule has 0 saturated carbocycles. The fourth-order valence-electron chi connectivity index (χ4n) is 4.35. The number of nitrogens with two attached hydrogens (primary N) is 1. The van der Waals surface area contributed by atoms with Crippen molar-refractivity contribution in [1.29, 1.82) is 0 Å². The Kier molecular flexibility index (Phi) is 7.44. The first-order valence-electron chi connectivity index (χ1n) is 11.0. The molecule has 3 aromatic carbocycles. The number of sulfonamides is 1. The molecule has 0 aromatic heterocycles. The molecular formula is C26H22ClF3N4O2S. The first-order valence-corrected chi connectivity index (χ1v) is 12.5. The second kappa shape index (κ2) is 10.4. The number of hydrogen-bond acceptors (Lipinski definition) is 5. The van der Waals surface area contributed by atoms with Crippen molar-refractivity contribution >= 4 is 34.5 Å². The molecule has 2 aliphatic rings. The van der Waals surface area contributed by atoms with Gasteiger partial charge in [-0.15, -0.1) is 12.4 Å². The summed E-state index contributed by atoms with van der Waals surface area (Å²) in [6.45, 7) is -0.133. The lowest BCUT2D eigenvalue weighted by atomic mass is 9.90. The van der Waals surface area contributed by atoms with Crippen molar-refractivity contribution < 1.29 is 21.6 Å². The quantitative estimate of drug-likeness (QED) is 0.503. The molecule has 0 amide bonds. The van der Waals surface area contributed by atoms with Crippen LogP contribution in [0.4, 0.5) is 13.2 Å². The van der Waals surface area contributed by atoms with Gasteiger partial charge in [0.25, 0.3) is 0 Å². The highest BCUT2D eigenvalue weighted by Crippen LogP contribution is 2.38. The van der Waals surface area contributed by atoms with Gasteiger partial charge < -0.3 is 11.1 Å². The van der Waals surface area contributed by atoms with E-state index in [1.807, 2.05) is 0 Å². The highest BCUT2D eigenvalue weighted by atomic mass is 35.5. The molecule has 6 nitrogen and oxygen atoms in total. The standard InChI is InChI=1S/C26H21F3N4O2S.ClH/c27-19-7-9-22(10-8-19)36(34,35)33-14-18(11-16-3-1-5-20(28)12-16)25-23(15-33)24(31-26(30)32-25)17-4-2-6-21(29)13-17;/h1-13,24H,14-15H2,(H3,30,31,32);1H/b18-11+;. The Morgan fingerprint density at radius 3 is 2.27 bits per heavy atom. The van der Waals surface area contributed by atoms with Gasteiger partial charge in [-0.3, -0.25) is 0 Å². The van der Waals surface area contributed by atoms with Gasteiger partial charge >= 0.3 is 0 Å². The zero-order chi connectivity index (χ0) is 25.4. The summed E-state index contributed by atoms with van der Waals surface area (Å²) < 4.78 is 69.7. The van der Waals surface area contributed by atoms with Crippen LogP contribution < -0.4 is 11.1 Å². The average molecular weight is 547 g/mol. The number of aliphatic imine (C=N–C) groups is 1. The molecule has 0 fully saturated rings. The Morgan fingerprint density at radius 2 is 1.59 bits per heavy atom. The Balaban J connectivity index is 0.00000320. The number of nitrogens with zero attached hydrogens (tertiary/aromatic N) is 2. The molecule has 1 unspecified atom stereocenters. The average Bonchev–Trinajstić information content (AvgIpc) is 2.84. The Morgan fingerprint density at radius 1 is 0.919 bits per heavy atom. The molecule has 0 bridgehead atoms. The van der Waals surface area contributed by atoms with Crippen molar-refractivity contribution in [2.24, 2.45) is 10.7 Å². The lowest BCUT2D eigenvalue weighted by molar-refractivity contribution is 0.436. The molecule has 37 heavy (non-hydrogen) atoms. The molecule has 2 aliphatic heterocycles. The molecule has 2 heterocycles. The smallest absolute Gasteiger partial charge is 0.243 e. The SMILES string of the molecule is Cl.NC1=NC(c2cccc(F)c2)C2=C(N1)/C(=C/c1cccc(F)c1)CN(S(=O)(=O)c1ccc(F)cc1)C2. The Bertz CT molecular complexity index is 1540. The molecule has 1 atom stereocenters. The number of benzene rings is 3. The number of hydrogen-bond donors (Lipinski definition) is 2. The van der Waals surface area contributed by atoms with Crippen molar-refractivity contribution in [2.45, 2.75) is 10.9 Å². The van der Waals surface area contributed by atoms with E-state index in [1.54, 1.807) is 24.3 Å². The molecule has 11 heteroatoms. The van der Waals surface area contributed by atoms with Gasteiger partial charge in [0, 0.05) is 18.8 Å². The third-order valence-electron chi connectivity index (χ3n) is 5.99. The van der Waals surface area contributed by atoms with Gasteiger partial charge in [0.2, 0.25) is 10.0 Å².